The smallest absolute Gasteiger partial charge is 0.0594 e. The zero-order valence-corrected chi connectivity index (χ0v) is 12.1. The second-order valence-corrected chi connectivity index (χ2v) is 4.57. The maximum atomic E-state index is 5.70. The molecule has 108 valence electrons. The Labute approximate surface area is 121 Å². The molecule has 1 aliphatic heterocycles. The summed E-state index contributed by atoms with van der Waals surface area (Å²) in [5.41, 5.74) is 6.96. The highest BCUT2D eigenvalue weighted by atomic mass is 35.5. The van der Waals surface area contributed by atoms with Crippen LogP contribution in [0.5, 0.6) is 0 Å². The average Bonchev–Trinajstić information content (AvgIpc) is 2.45. The number of rotatable bonds is 6. The summed E-state index contributed by atoms with van der Waals surface area (Å²) < 4.78 is 5.36. The fourth-order valence-corrected chi connectivity index (χ4v) is 2.25. The molecule has 1 fully saturated rings. The molecule has 1 aromatic rings. The average molecular weight is 286 g/mol. The molecular formula is C14H24ClN3O. The van der Waals surface area contributed by atoms with E-state index in [-0.39, 0.29) is 12.4 Å². The summed E-state index contributed by atoms with van der Waals surface area (Å²) in [6, 6.07) is 10.5. The van der Waals surface area contributed by atoms with Crippen molar-refractivity contribution < 1.29 is 4.74 Å². The van der Waals surface area contributed by atoms with Crippen molar-refractivity contribution >= 4 is 18.1 Å². The predicted molar refractivity (Wildman–Crippen MR) is 82.2 cm³/mol. The molecule has 0 spiro atoms. The molecule has 5 heteroatoms. The molecule has 0 aromatic heterocycles. The normalized spacial score (nSPS) is 15.8. The van der Waals surface area contributed by atoms with Crippen LogP contribution in [0.4, 0.5) is 5.69 Å². The first-order valence-corrected chi connectivity index (χ1v) is 6.70. The van der Waals surface area contributed by atoms with E-state index < -0.39 is 0 Å². The van der Waals surface area contributed by atoms with Crippen LogP contribution in [0.25, 0.3) is 0 Å². The largest absolute Gasteiger partial charge is 0.379 e. The van der Waals surface area contributed by atoms with Gasteiger partial charge in [-0.1, -0.05) is 18.2 Å². The summed E-state index contributed by atoms with van der Waals surface area (Å²) in [4.78, 5) is 4.81. The topological polar surface area (TPSA) is 41.7 Å². The van der Waals surface area contributed by atoms with E-state index in [9.17, 15) is 0 Å². The third-order valence-corrected chi connectivity index (χ3v) is 3.31. The van der Waals surface area contributed by atoms with Crippen molar-refractivity contribution in [3.05, 3.63) is 30.3 Å². The number of ether oxygens (including phenoxy) is 1. The number of morpholine rings is 1. The highest BCUT2D eigenvalue weighted by Gasteiger charge is 2.12. The van der Waals surface area contributed by atoms with Gasteiger partial charge in [0.25, 0.3) is 0 Å². The number of hydrogen-bond donors (Lipinski definition) is 1. The molecule has 0 aliphatic carbocycles. The van der Waals surface area contributed by atoms with Gasteiger partial charge in [-0.2, -0.15) is 0 Å². The van der Waals surface area contributed by atoms with Crippen molar-refractivity contribution in [2.45, 2.75) is 0 Å². The third kappa shape index (κ3) is 5.37. The molecule has 4 nitrogen and oxygen atoms in total. The maximum absolute atomic E-state index is 5.70. The Hall–Kier alpha value is -0.810. The molecule has 0 saturated carbocycles. The van der Waals surface area contributed by atoms with Crippen LogP contribution in [0.2, 0.25) is 0 Å². The Morgan fingerprint density at radius 1 is 1.11 bits per heavy atom. The minimum absolute atomic E-state index is 0. The van der Waals surface area contributed by atoms with E-state index in [1.54, 1.807) is 0 Å². The molecule has 1 heterocycles. The Kier molecular flexibility index (Phi) is 7.82. The van der Waals surface area contributed by atoms with Gasteiger partial charge in [-0.15, -0.1) is 12.4 Å². The second kappa shape index (κ2) is 9.15. The van der Waals surface area contributed by atoms with Crippen molar-refractivity contribution in [2.24, 2.45) is 5.73 Å². The van der Waals surface area contributed by atoms with Gasteiger partial charge in [0, 0.05) is 45.0 Å². The molecule has 0 bridgehead atoms. The lowest BCUT2D eigenvalue weighted by atomic mass is 10.2. The first kappa shape index (κ1) is 16.2. The summed E-state index contributed by atoms with van der Waals surface area (Å²) in [5, 5.41) is 0. The van der Waals surface area contributed by atoms with E-state index in [0.29, 0.717) is 6.54 Å². The minimum Gasteiger partial charge on any atom is -0.379 e. The summed E-state index contributed by atoms with van der Waals surface area (Å²) in [6.07, 6.45) is 0. The number of hydrogen-bond acceptors (Lipinski definition) is 4. The van der Waals surface area contributed by atoms with Crippen LogP contribution in [0.1, 0.15) is 0 Å². The molecule has 1 aromatic carbocycles. The first-order chi connectivity index (χ1) is 8.90. The maximum Gasteiger partial charge on any atom is 0.0594 e. The van der Waals surface area contributed by atoms with Gasteiger partial charge in [-0.05, 0) is 12.1 Å². The SMILES string of the molecule is Cl.NCCN(CCN1CCOCC1)c1ccccc1. The van der Waals surface area contributed by atoms with Gasteiger partial charge >= 0.3 is 0 Å². The van der Waals surface area contributed by atoms with Gasteiger partial charge in [-0.3, -0.25) is 4.90 Å². The lowest BCUT2D eigenvalue weighted by Gasteiger charge is -2.31. The molecule has 1 saturated heterocycles. The summed E-state index contributed by atoms with van der Waals surface area (Å²) in [6.45, 7) is 7.53. The molecule has 0 atom stereocenters. The van der Waals surface area contributed by atoms with Gasteiger partial charge in [0.15, 0.2) is 0 Å². The molecule has 2 N–H and O–H groups in total. The Morgan fingerprint density at radius 3 is 2.42 bits per heavy atom. The van der Waals surface area contributed by atoms with Crippen LogP contribution in [0.3, 0.4) is 0 Å². The summed E-state index contributed by atoms with van der Waals surface area (Å²) >= 11 is 0. The van der Waals surface area contributed by atoms with E-state index >= 15 is 0 Å². The summed E-state index contributed by atoms with van der Waals surface area (Å²) in [5.74, 6) is 0. The van der Waals surface area contributed by atoms with Crippen molar-refractivity contribution in [3.8, 4) is 0 Å². The van der Waals surface area contributed by atoms with Gasteiger partial charge in [-0.25, -0.2) is 0 Å². The quantitative estimate of drug-likeness (QED) is 0.853. The molecular weight excluding hydrogens is 262 g/mol. The van der Waals surface area contributed by atoms with Gasteiger partial charge in [0.05, 0.1) is 13.2 Å². The van der Waals surface area contributed by atoms with Gasteiger partial charge in [0.2, 0.25) is 0 Å². The summed E-state index contributed by atoms with van der Waals surface area (Å²) in [7, 11) is 0. The van der Waals surface area contributed by atoms with Crippen LogP contribution in [-0.2, 0) is 4.74 Å². The van der Waals surface area contributed by atoms with E-state index in [2.05, 4.69) is 34.1 Å². The Balaban J connectivity index is 0.00000180. The van der Waals surface area contributed by atoms with E-state index in [1.807, 2.05) is 6.07 Å². The number of anilines is 1. The minimum atomic E-state index is 0. The zero-order chi connectivity index (χ0) is 12.6. The van der Waals surface area contributed by atoms with Gasteiger partial charge in [0.1, 0.15) is 0 Å². The van der Waals surface area contributed by atoms with Crippen molar-refractivity contribution in [1.29, 1.82) is 0 Å². The predicted octanol–water partition coefficient (Wildman–Crippen LogP) is 1.21. The van der Waals surface area contributed by atoms with Crippen LogP contribution in [0, 0.1) is 0 Å². The number of para-hydroxylation sites is 1. The van der Waals surface area contributed by atoms with Crippen molar-refractivity contribution in [3.63, 3.8) is 0 Å². The number of nitrogens with zero attached hydrogens (tertiary/aromatic N) is 2. The Bertz CT molecular complexity index is 331. The monoisotopic (exact) mass is 285 g/mol. The molecule has 1 aliphatic rings. The highest BCUT2D eigenvalue weighted by Crippen LogP contribution is 2.12. The van der Waals surface area contributed by atoms with Crippen molar-refractivity contribution in [2.75, 3.05) is 57.4 Å². The zero-order valence-electron chi connectivity index (χ0n) is 11.3. The van der Waals surface area contributed by atoms with Crippen LogP contribution in [-0.4, -0.2) is 57.4 Å². The number of benzene rings is 1. The van der Waals surface area contributed by atoms with Crippen molar-refractivity contribution in [1.82, 2.24) is 4.90 Å². The van der Waals surface area contributed by atoms with Crippen LogP contribution >= 0.6 is 12.4 Å². The lowest BCUT2D eigenvalue weighted by Crippen LogP contribution is -2.42. The fourth-order valence-electron chi connectivity index (χ4n) is 2.25. The standard InChI is InChI=1S/C14H23N3O.ClH/c15-6-7-17(14-4-2-1-3-5-14)9-8-16-10-12-18-13-11-16;/h1-5H,6-13,15H2;1H. The molecule has 0 amide bonds. The van der Waals surface area contributed by atoms with Crippen LogP contribution in [0.15, 0.2) is 30.3 Å². The first-order valence-electron chi connectivity index (χ1n) is 6.70. The molecule has 0 unspecified atom stereocenters. The second-order valence-electron chi connectivity index (χ2n) is 4.57. The van der Waals surface area contributed by atoms with E-state index in [0.717, 1.165) is 45.9 Å². The van der Waals surface area contributed by atoms with E-state index in [1.165, 1.54) is 5.69 Å². The van der Waals surface area contributed by atoms with Crippen LogP contribution < -0.4 is 10.6 Å². The number of halogens is 1. The van der Waals surface area contributed by atoms with Gasteiger partial charge < -0.3 is 15.4 Å². The fraction of sp³-hybridized carbons (Fsp3) is 0.571. The molecule has 19 heavy (non-hydrogen) atoms. The third-order valence-electron chi connectivity index (χ3n) is 3.31. The molecule has 0 radical (unpaired) electrons. The number of nitrogens with two attached hydrogens (primary N) is 1. The molecule has 2 rings (SSSR count). The lowest BCUT2D eigenvalue weighted by molar-refractivity contribution is 0.0392. The van der Waals surface area contributed by atoms with E-state index in [4.69, 9.17) is 10.5 Å². The highest BCUT2D eigenvalue weighted by molar-refractivity contribution is 5.85. The Morgan fingerprint density at radius 2 is 1.79 bits per heavy atom.